The fourth-order valence-electron chi connectivity index (χ4n) is 4.36. The van der Waals surface area contributed by atoms with E-state index in [0.29, 0.717) is 13.0 Å². The lowest BCUT2D eigenvalue weighted by molar-refractivity contribution is -0.143. The zero-order valence-corrected chi connectivity index (χ0v) is 19.8. The minimum Gasteiger partial charge on any atom is -0.466 e. The average molecular weight is 438 g/mol. The van der Waals surface area contributed by atoms with Gasteiger partial charge in [0.15, 0.2) is 0 Å². The molecule has 1 aliphatic rings. The van der Waals surface area contributed by atoms with Crippen molar-refractivity contribution in [1.29, 1.82) is 0 Å². The number of likely N-dealkylation sites (tertiary alicyclic amines) is 1. The van der Waals surface area contributed by atoms with Crippen LogP contribution in [0.25, 0.3) is 0 Å². The Hall–Kier alpha value is -2.17. The quantitative estimate of drug-likeness (QED) is 0.385. The van der Waals surface area contributed by atoms with Crippen LogP contribution in [-0.4, -0.2) is 43.2 Å². The van der Waals surface area contributed by atoms with Gasteiger partial charge in [0.2, 0.25) is 0 Å². The van der Waals surface area contributed by atoms with E-state index in [2.05, 4.69) is 66.4 Å². The van der Waals surface area contributed by atoms with Crippen LogP contribution in [0.2, 0.25) is 0 Å². The fraction of sp³-hybridized carbons (Fsp3) is 0.536. The van der Waals surface area contributed by atoms with Crippen LogP contribution in [0.4, 0.5) is 0 Å². The molecule has 0 aromatic heterocycles. The number of unbranched alkanes of at least 4 members (excludes halogenated alkanes) is 1. The lowest BCUT2D eigenvalue weighted by Gasteiger charge is -2.34. The molecule has 0 spiro atoms. The molecule has 0 amide bonds. The summed E-state index contributed by atoms with van der Waals surface area (Å²) < 4.78 is 11.7. The third-order valence-corrected chi connectivity index (χ3v) is 6.23. The van der Waals surface area contributed by atoms with Crippen molar-refractivity contribution in [2.45, 2.75) is 71.0 Å². The molecule has 0 radical (unpaired) electrons. The highest BCUT2D eigenvalue weighted by Gasteiger charge is 2.24. The Bertz CT molecular complexity index is 782. The molecule has 0 bridgehead atoms. The van der Waals surface area contributed by atoms with Crippen molar-refractivity contribution in [3.05, 3.63) is 71.3 Å². The minimum atomic E-state index is -0.0860. The van der Waals surface area contributed by atoms with Crippen LogP contribution in [-0.2, 0) is 20.7 Å². The van der Waals surface area contributed by atoms with E-state index in [9.17, 15) is 4.79 Å². The van der Waals surface area contributed by atoms with Crippen LogP contribution in [0, 0.1) is 0 Å². The van der Waals surface area contributed by atoms with Crippen molar-refractivity contribution in [3.63, 3.8) is 0 Å². The van der Waals surface area contributed by atoms with Crippen LogP contribution in [0.3, 0.4) is 0 Å². The van der Waals surface area contributed by atoms with Gasteiger partial charge in [0.1, 0.15) is 6.10 Å². The first-order valence-electron chi connectivity index (χ1n) is 12.4. The molecule has 4 nitrogen and oxygen atoms in total. The Kier molecular flexibility index (Phi) is 10.2. The van der Waals surface area contributed by atoms with Crippen LogP contribution in [0.1, 0.15) is 75.2 Å². The van der Waals surface area contributed by atoms with E-state index in [1.165, 1.54) is 29.5 Å². The Morgan fingerprint density at radius 3 is 2.31 bits per heavy atom. The summed E-state index contributed by atoms with van der Waals surface area (Å²) in [6, 6.07) is 19.6. The molecule has 32 heavy (non-hydrogen) atoms. The van der Waals surface area contributed by atoms with Gasteiger partial charge in [0.25, 0.3) is 0 Å². The number of aryl methyl sites for hydroxylation is 1. The smallest absolute Gasteiger partial charge is 0.305 e. The van der Waals surface area contributed by atoms with E-state index in [1.807, 2.05) is 6.92 Å². The molecular weight excluding hydrogens is 398 g/mol. The van der Waals surface area contributed by atoms with E-state index in [4.69, 9.17) is 9.47 Å². The molecule has 1 aliphatic heterocycles. The van der Waals surface area contributed by atoms with Gasteiger partial charge < -0.3 is 14.4 Å². The molecule has 3 rings (SSSR count). The topological polar surface area (TPSA) is 38.8 Å². The van der Waals surface area contributed by atoms with Crippen LogP contribution >= 0.6 is 0 Å². The number of ether oxygens (including phenoxy) is 2. The van der Waals surface area contributed by atoms with Gasteiger partial charge in [-0.1, -0.05) is 67.9 Å². The molecule has 0 N–H and O–H groups in total. The van der Waals surface area contributed by atoms with Crippen LogP contribution < -0.4 is 0 Å². The molecular formula is C28H39NO3. The van der Waals surface area contributed by atoms with Gasteiger partial charge in [-0.3, -0.25) is 4.79 Å². The molecule has 0 saturated carbocycles. The molecule has 2 aromatic carbocycles. The van der Waals surface area contributed by atoms with Crippen molar-refractivity contribution in [2.24, 2.45) is 0 Å². The Labute approximate surface area is 193 Å². The fourth-order valence-corrected chi connectivity index (χ4v) is 4.36. The molecule has 1 fully saturated rings. The molecule has 174 valence electrons. The maximum Gasteiger partial charge on any atom is 0.305 e. The summed E-state index contributed by atoms with van der Waals surface area (Å²) in [5.41, 5.74) is 3.84. The SMILES string of the molecule is CCCCc1ccc(C(OC2CCN(CCCC(=O)OCC)CC2)c2ccccc2)cc1. The zero-order chi connectivity index (χ0) is 22.6. The highest BCUT2D eigenvalue weighted by molar-refractivity contribution is 5.69. The standard InChI is InChI=1S/C28H39NO3/c1-3-5-10-23-14-16-25(17-15-23)28(24-11-7-6-8-12-24)32-26-18-21-29(22-19-26)20-9-13-27(30)31-4-2/h6-8,11-12,14-17,26,28H,3-5,9-10,13,18-22H2,1-2H3. The van der Waals surface area contributed by atoms with Gasteiger partial charge >= 0.3 is 5.97 Å². The van der Waals surface area contributed by atoms with Crippen molar-refractivity contribution in [3.8, 4) is 0 Å². The van der Waals surface area contributed by atoms with E-state index in [-0.39, 0.29) is 18.2 Å². The van der Waals surface area contributed by atoms with Crippen molar-refractivity contribution in [1.82, 2.24) is 4.90 Å². The van der Waals surface area contributed by atoms with Crippen molar-refractivity contribution < 1.29 is 14.3 Å². The van der Waals surface area contributed by atoms with E-state index < -0.39 is 0 Å². The third-order valence-electron chi connectivity index (χ3n) is 6.23. The molecule has 4 heteroatoms. The molecule has 2 aromatic rings. The molecule has 1 unspecified atom stereocenters. The normalized spacial score (nSPS) is 16.1. The van der Waals surface area contributed by atoms with Crippen LogP contribution in [0.5, 0.6) is 0 Å². The van der Waals surface area contributed by atoms with Crippen LogP contribution in [0.15, 0.2) is 54.6 Å². The van der Waals surface area contributed by atoms with Crippen molar-refractivity contribution in [2.75, 3.05) is 26.2 Å². The Balaban J connectivity index is 1.55. The van der Waals surface area contributed by atoms with Gasteiger partial charge in [-0.2, -0.15) is 0 Å². The van der Waals surface area contributed by atoms with Gasteiger partial charge in [0, 0.05) is 19.5 Å². The molecule has 1 heterocycles. The molecule has 0 aliphatic carbocycles. The first-order chi connectivity index (χ1) is 15.7. The number of benzene rings is 2. The average Bonchev–Trinajstić information content (AvgIpc) is 2.83. The lowest BCUT2D eigenvalue weighted by Crippen LogP contribution is -2.38. The highest BCUT2D eigenvalue weighted by Crippen LogP contribution is 2.30. The van der Waals surface area contributed by atoms with Gasteiger partial charge in [-0.05, 0) is 62.3 Å². The number of piperidine rings is 1. The first-order valence-corrected chi connectivity index (χ1v) is 12.4. The van der Waals surface area contributed by atoms with Gasteiger partial charge in [-0.15, -0.1) is 0 Å². The molecule has 1 atom stereocenters. The monoisotopic (exact) mass is 437 g/mol. The van der Waals surface area contributed by atoms with Crippen molar-refractivity contribution >= 4 is 5.97 Å². The maximum atomic E-state index is 11.5. The summed E-state index contributed by atoms with van der Waals surface area (Å²) in [5.74, 6) is -0.0860. The van der Waals surface area contributed by atoms with Gasteiger partial charge in [0.05, 0.1) is 12.7 Å². The summed E-state index contributed by atoms with van der Waals surface area (Å²) in [5, 5.41) is 0. The van der Waals surface area contributed by atoms with E-state index >= 15 is 0 Å². The summed E-state index contributed by atoms with van der Waals surface area (Å²) in [4.78, 5) is 14.0. The third kappa shape index (κ3) is 7.75. The zero-order valence-electron chi connectivity index (χ0n) is 19.8. The molecule has 1 saturated heterocycles. The second-order valence-electron chi connectivity index (χ2n) is 8.72. The van der Waals surface area contributed by atoms with Gasteiger partial charge in [-0.25, -0.2) is 0 Å². The predicted molar refractivity (Wildman–Crippen MR) is 130 cm³/mol. The minimum absolute atomic E-state index is 0.0308. The summed E-state index contributed by atoms with van der Waals surface area (Å²) >= 11 is 0. The number of esters is 1. The Morgan fingerprint density at radius 1 is 0.969 bits per heavy atom. The number of hydrogen-bond donors (Lipinski definition) is 0. The second-order valence-corrected chi connectivity index (χ2v) is 8.72. The number of carbonyl (C=O) groups is 1. The lowest BCUT2D eigenvalue weighted by atomic mass is 9.98. The number of rotatable bonds is 12. The summed E-state index contributed by atoms with van der Waals surface area (Å²) in [7, 11) is 0. The Morgan fingerprint density at radius 2 is 1.66 bits per heavy atom. The highest BCUT2D eigenvalue weighted by atomic mass is 16.5. The maximum absolute atomic E-state index is 11.5. The number of hydrogen-bond acceptors (Lipinski definition) is 4. The predicted octanol–water partition coefficient (Wildman–Crippen LogP) is 5.94. The van der Waals surface area contributed by atoms with E-state index in [1.54, 1.807) is 0 Å². The largest absolute Gasteiger partial charge is 0.466 e. The summed E-state index contributed by atoms with van der Waals surface area (Å²) in [6.07, 6.45) is 7.24. The van der Waals surface area contributed by atoms with E-state index in [0.717, 1.165) is 45.3 Å². The second kappa shape index (κ2) is 13.4. The summed E-state index contributed by atoms with van der Waals surface area (Å²) in [6.45, 7) is 7.54. The first kappa shape index (κ1) is 24.5. The number of carbonyl (C=O) groups excluding carboxylic acids is 1. The number of nitrogens with zero attached hydrogens (tertiary/aromatic N) is 1.